The Labute approximate surface area is 221 Å². The van der Waals surface area contributed by atoms with Crippen molar-refractivity contribution < 1.29 is 27.2 Å². The van der Waals surface area contributed by atoms with Crippen LogP contribution in [0.5, 0.6) is 11.5 Å². The average Bonchev–Trinajstić information content (AvgIpc) is 2.94. The van der Waals surface area contributed by atoms with Crippen molar-refractivity contribution in [3.05, 3.63) is 125 Å². The van der Waals surface area contributed by atoms with Gasteiger partial charge in [0, 0.05) is 5.56 Å². The molecule has 38 heavy (non-hydrogen) atoms. The summed E-state index contributed by atoms with van der Waals surface area (Å²) >= 11 is 0. The Hall–Kier alpha value is -4.47. The van der Waals surface area contributed by atoms with E-state index in [9.17, 15) is 18.3 Å². The quantitative estimate of drug-likeness (QED) is 0.191. The van der Waals surface area contributed by atoms with Crippen molar-refractivity contribution >= 4 is 22.2 Å². The first-order chi connectivity index (χ1) is 18.3. The highest BCUT2D eigenvalue weighted by atomic mass is 32.2. The van der Waals surface area contributed by atoms with Crippen LogP contribution in [-0.4, -0.2) is 32.8 Å². The average molecular weight is 531 g/mol. The third-order valence-corrected chi connectivity index (χ3v) is 7.05. The molecule has 0 saturated heterocycles. The minimum absolute atomic E-state index is 0.0269. The molecular formula is C29H26N2O6S. The summed E-state index contributed by atoms with van der Waals surface area (Å²) in [6.07, 6.45) is 1.22. The number of carbonyl (C=O) groups excluding carboxylic acids is 1. The number of aryl methyl sites for hydroxylation is 1. The van der Waals surface area contributed by atoms with Gasteiger partial charge in [-0.25, -0.2) is 5.43 Å². The Kier molecular flexibility index (Phi) is 7.90. The number of hydrogen-bond acceptors (Lipinski definition) is 7. The third-order valence-electron chi connectivity index (χ3n) is 5.81. The molecule has 0 saturated carbocycles. The number of nitrogens with zero attached hydrogens (tertiary/aromatic N) is 1. The Morgan fingerprint density at radius 2 is 1.45 bits per heavy atom. The molecule has 0 unspecified atom stereocenters. The highest BCUT2D eigenvalue weighted by molar-refractivity contribution is 7.87. The van der Waals surface area contributed by atoms with Crippen LogP contribution in [0.25, 0.3) is 0 Å². The molecule has 0 radical (unpaired) electrons. The molecule has 0 aliphatic carbocycles. The van der Waals surface area contributed by atoms with Gasteiger partial charge in [-0.1, -0.05) is 84.4 Å². The van der Waals surface area contributed by atoms with Gasteiger partial charge >= 0.3 is 10.1 Å². The summed E-state index contributed by atoms with van der Waals surface area (Å²) in [5.74, 6) is -0.750. The maximum atomic E-state index is 13.3. The predicted octanol–water partition coefficient (Wildman–Crippen LogP) is 4.16. The SMILES string of the molecule is COc1cccc(/C=N\NC(=O)C(O)(c2ccccc2)c2ccccc2)c1OS(=O)(=O)c1ccc(C)cc1. The molecule has 0 spiro atoms. The molecule has 0 aliphatic rings. The molecule has 4 rings (SSSR count). The molecular weight excluding hydrogens is 504 g/mol. The molecule has 0 atom stereocenters. The Morgan fingerprint density at radius 3 is 2.00 bits per heavy atom. The van der Waals surface area contributed by atoms with E-state index >= 15 is 0 Å². The molecule has 9 heteroatoms. The second-order valence-corrected chi connectivity index (χ2v) is 9.92. The first-order valence-corrected chi connectivity index (χ1v) is 13.0. The van der Waals surface area contributed by atoms with Gasteiger partial charge in [-0.2, -0.15) is 13.5 Å². The van der Waals surface area contributed by atoms with E-state index in [1.165, 1.54) is 25.5 Å². The van der Waals surface area contributed by atoms with E-state index in [4.69, 9.17) is 8.92 Å². The predicted molar refractivity (Wildman–Crippen MR) is 144 cm³/mol. The molecule has 0 fully saturated rings. The first kappa shape index (κ1) is 26.6. The number of rotatable bonds is 9. The number of hydrazone groups is 1. The highest BCUT2D eigenvalue weighted by Gasteiger charge is 2.39. The largest absolute Gasteiger partial charge is 0.493 e. The standard InChI is InChI=1S/C29H26N2O6S/c1-21-16-18-25(19-17-21)38(34,35)37-27-22(10-9-15-26(27)36-2)20-30-31-28(32)29(33,23-11-5-3-6-12-23)24-13-7-4-8-14-24/h3-20,33H,1-2H3,(H,31,32)/b30-20-. The van der Waals surface area contributed by atoms with Crippen LogP contribution in [0, 0.1) is 6.92 Å². The zero-order valence-electron chi connectivity index (χ0n) is 20.7. The minimum Gasteiger partial charge on any atom is -0.493 e. The number of aliphatic hydroxyl groups is 1. The molecule has 0 aromatic heterocycles. The molecule has 2 N–H and O–H groups in total. The lowest BCUT2D eigenvalue weighted by molar-refractivity contribution is -0.136. The summed E-state index contributed by atoms with van der Waals surface area (Å²) in [7, 11) is -2.81. The van der Waals surface area contributed by atoms with Crippen molar-refractivity contribution in [2.45, 2.75) is 17.4 Å². The van der Waals surface area contributed by atoms with E-state index in [-0.39, 0.29) is 22.0 Å². The fourth-order valence-electron chi connectivity index (χ4n) is 3.78. The maximum Gasteiger partial charge on any atom is 0.339 e. The van der Waals surface area contributed by atoms with Crippen molar-refractivity contribution in [3.63, 3.8) is 0 Å². The summed E-state index contributed by atoms with van der Waals surface area (Å²) in [4.78, 5) is 13.3. The smallest absolute Gasteiger partial charge is 0.339 e. The van der Waals surface area contributed by atoms with Gasteiger partial charge in [-0.3, -0.25) is 4.79 Å². The third kappa shape index (κ3) is 5.59. The summed E-state index contributed by atoms with van der Waals surface area (Å²) in [6, 6.07) is 27.9. The first-order valence-electron chi connectivity index (χ1n) is 11.6. The lowest BCUT2D eigenvalue weighted by atomic mass is 9.85. The number of benzene rings is 4. The van der Waals surface area contributed by atoms with Crippen LogP contribution in [0.15, 0.2) is 113 Å². The number of amides is 1. The summed E-state index contributed by atoms with van der Waals surface area (Å²) in [5, 5.41) is 15.5. The Balaban J connectivity index is 1.64. The van der Waals surface area contributed by atoms with Gasteiger partial charge in [0.15, 0.2) is 17.1 Å². The van der Waals surface area contributed by atoms with Gasteiger partial charge in [-0.05, 0) is 42.3 Å². The van der Waals surface area contributed by atoms with Crippen molar-refractivity contribution in [1.82, 2.24) is 5.43 Å². The van der Waals surface area contributed by atoms with Crippen molar-refractivity contribution in [2.75, 3.05) is 7.11 Å². The van der Waals surface area contributed by atoms with Gasteiger partial charge < -0.3 is 14.0 Å². The van der Waals surface area contributed by atoms with Crippen LogP contribution in [0.2, 0.25) is 0 Å². The van der Waals surface area contributed by atoms with E-state index in [0.29, 0.717) is 11.1 Å². The lowest BCUT2D eigenvalue weighted by Gasteiger charge is -2.27. The minimum atomic E-state index is -4.19. The second-order valence-electron chi connectivity index (χ2n) is 8.37. The monoisotopic (exact) mass is 530 g/mol. The van der Waals surface area contributed by atoms with Crippen LogP contribution in [0.1, 0.15) is 22.3 Å². The van der Waals surface area contributed by atoms with E-state index in [1.54, 1.807) is 91.0 Å². The van der Waals surface area contributed by atoms with Gasteiger partial charge in [0.2, 0.25) is 0 Å². The number of nitrogens with one attached hydrogen (secondary N) is 1. The highest BCUT2D eigenvalue weighted by Crippen LogP contribution is 2.33. The lowest BCUT2D eigenvalue weighted by Crippen LogP contribution is -2.43. The summed E-state index contributed by atoms with van der Waals surface area (Å²) in [6.45, 7) is 1.84. The van der Waals surface area contributed by atoms with Gasteiger partial charge in [0.25, 0.3) is 5.91 Å². The van der Waals surface area contributed by atoms with Crippen molar-refractivity contribution in [2.24, 2.45) is 5.10 Å². The summed E-state index contributed by atoms with van der Waals surface area (Å²) in [5.41, 5.74) is 2.18. The van der Waals surface area contributed by atoms with Gasteiger partial charge in [0.05, 0.1) is 13.3 Å². The van der Waals surface area contributed by atoms with Crippen LogP contribution < -0.4 is 14.3 Å². The van der Waals surface area contributed by atoms with Gasteiger partial charge in [-0.15, -0.1) is 0 Å². The van der Waals surface area contributed by atoms with Crippen LogP contribution in [-0.2, 0) is 20.5 Å². The Bertz CT molecular complexity index is 1500. The Morgan fingerprint density at radius 1 is 0.868 bits per heavy atom. The maximum absolute atomic E-state index is 13.3. The summed E-state index contributed by atoms with van der Waals surface area (Å²) < 4.78 is 36.6. The molecule has 4 aromatic carbocycles. The zero-order chi connectivity index (χ0) is 27.2. The van der Waals surface area contributed by atoms with E-state index in [1.807, 2.05) is 6.92 Å². The molecule has 4 aromatic rings. The van der Waals surface area contributed by atoms with Crippen LogP contribution >= 0.6 is 0 Å². The molecule has 194 valence electrons. The zero-order valence-corrected chi connectivity index (χ0v) is 21.6. The molecule has 1 amide bonds. The molecule has 0 aliphatic heterocycles. The van der Waals surface area contributed by atoms with Crippen molar-refractivity contribution in [1.29, 1.82) is 0 Å². The number of carbonyl (C=O) groups is 1. The number of methoxy groups -OCH3 is 1. The molecule has 8 nitrogen and oxygen atoms in total. The fourth-order valence-corrected chi connectivity index (χ4v) is 4.74. The molecule has 0 heterocycles. The van der Waals surface area contributed by atoms with Crippen LogP contribution in [0.4, 0.5) is 0 Å². The second kappa shape index (κ2) is 11.3. The van der Waals surface area contributed by atoms with Crippen LogP contribution in [0.3, 0.4) is 0 Å². The topological polar surface area (TPSA) is 114 Å². The van der Waals surface area contributed by atoms with E-state index in [2.05, 4.69) is 10.5 Å². The van der Waals surface area contributed by atoms with E-state index in [0.717, 1.165) is 5.56 Å². The van der Waals surface area contributed by atoms with Crippen molar-refractivity contribution in [3.8, 4) is 11.5 Å². The normalized spacial score (nSPS) is 11.8. The van der Waals surface area contributed by atoms with Gasteiger partial charge in [0.1, 0.15) is 4.90 Å². The number of hydrogen-bond donors (Lipinski definition) is 2. The van der Waals surface area contributed by atoms with E-state index < -0.39 is 21.6 Å². The fraction of sp³-hybridized carbons (Fsp3) is 0.103. The number of para-hydroxylation sites is 1. The number of ether oxygens (including phenoxy) is 1. The molecule has 0 bridgehead atoms.